The lowest BCUT2D eigenvalue weighted by molar-refractivity contribution is 0.643. The third-order valence-electron chi connectivity index (χ3n) is 4.89. The van der Waals surface area contributed by atoms with Crippen molar-refractivity contribution in [2.24, 2.45) is 0 Å². The van der Waals surface area contributed by atoms with E-state index in [-0.39, 0.29) is 5.41 Å². The van der Waals surface area contributed by atoms with Crippen LogP contribution in [-0.2, 0) is 5.41 Å². The predicted octanol–water partition coefficient (Wildman–Crippen LogP) is 4.40. The highest BCUT2D eigenvalue weighted by molar-refractivity contribution is 6.34. The van der Waals surface area contributed by atoms with Crippen LogP contribution in [0.15, 0.2) is 24.4 Å². The quantitative estimate of drug-likeness (QED) is 0.731. The van der Waals surface area contributed by atoms with Crippen molar-refractivity contribution in [3.05, 3.63) is 40.9 Å². The molecule has 0 atom stereocenters. The third kappa shape index (κ3) is 1.73. The SMILES string of the molecule is C=C1N(C)c2cc3nc(C4CC4)nc(Cl)c3cc2C1(C)C. The van der Waals surface area contributed by atoms with Crippen LogP contribution in [0.2, 0.25) is 5.15 Å². The van der Waals surface area contributed by atoms with Crippen molar-refractivity contribution >= 4 is 28.2 Å². The van der Waals surface area contributed by atoms with E-state index in [9.17, 15) is 0 Å². The first-order valence-electron chi connectivity index (χ1n) is 7.34. The first-order chi connectivity index (χ1) is 9.89. The Labute approximate surface area is 129 Å². The molecule has 0 spiro atoms. The van der Waals surface area contributed by atoms with Crippen molar-refractivity contribution in [1.29, 1.82) is 0 Å². The Morgan fingerprint density at radius 1 is 1.29 bits per heavy atom. The van der Waals surface area contributed by atoms with Gasteiger partial charge in [-0.2, -0.15) is 0 Å². The molecule has 0 N–H and O–H groups in total. The van der Waals surface area contributed by atoms with Crippen LogP contribution in [0.1, 0.15) is 44.0 Å². The minimum absolute atomic E-state index is 0.0865. The maximum atomic E-state index is 6.41. The van der Waals surface area contributed by atoms with Crippen molar-refractivity contribution in [1.82, 2.24) is 9.97 Å². The van der Waals surface area contributed by atoms with Crippen molar-refractivity contribution in [2.45, 2.75) is 38.0 Å². The summed E-state index contributed by atoms with van der Waals surface area (Å²) in [7, 11) is 2.06. The Bertz CT molecular complexity index is 790. The largest absolute Gasteiger partial charge is 0.348 e. The average Bonchev–Trinajstić information content (AvgIpc) is 3.26. The Kier molecular flexibility index (Phi) is 2.48. The number of rotatable bonds is 1. The molecule has 0 bridgehead atoms. The molecule has 2 heterocycles. The molecule has 1 aliphatic carbocycles. The molecular weight excluding hydrogens is 282 g/mol. The van der Waals surface area contributed by atoms with Gasteiger partial charge in [0.05, 0.1) is 5.52 Å². The van der Waals surface area contributed by atoms with Crippen LogP contribution in [0.4, 0.5) is 5.69 Å². The van der Waals surface area contributed by atoms with Gasteiger partial charge in [0, 0.05) is 35.2 Å². The standard InChI is InChI=1S/C17H18ClN3/c1-9-17(2,3)12-7-11-13(8-14(12)21(9)4)19-16(10-5-6-10)20-15(11)18/h7-8,10H,1,5-6H2,2-4H3. The van der Waals surface area contributed by atoms with E-state index >= 15 is 0 Å². The second kappa shape index (κ2) is 3.98. The summed E-state index contributed by atoms with van der Waals surface area (Å²) >= 11 is 6.41. The van der Waals surface area contributed by atoms with Crippen molar-refractivity contribution in [2.75, 3.05) is 11.9 Å². The van der Waals surface area contributed by atoms with E-state index < -0.39 is 0 Å². The molecule has 0 radical (unpaired) electrons. The van der Waals surface area contributed by atoms with Crippen LogP contribution >= 0.6 is 11.6 Å². The van der Waals surface area contributed by atoms with E-state index in [4.69, 9.17) is 16.6 Å². The van der Waals surface area contributed by atoms with Crippen LogP contribution in [0, 0.1) is 0 Å². The first kappa shape index (κ1) is 13.1. The zero-order valence-corrected chi connectivity index (χ0v) is 13.3. The average molecular weight is 300 g/mol. The topological polar surface area (TPSA) is 29.0 Å². The number of hydrogen-bond donors (Lipinski definition) is 0. The molecule has 0 saturated heterocycles. The Morgan fingerprint density at radius 2 is 2.00 bits per heavy atom. The lowest BCUT2D eigenvalue weighted by atomic mass is 9.84. The summed E-state index contributed by atoms with van der Waals surface area (Å²) in [6.45, 7) is 8.61. The van der Waals surface area contributed by atoms with Crippen molar-refractivity contribution < 1.29 is 0 Å². The number of fused-ring (bicyclic) bond motifs is 2. The van der Waals surface area contributed by atoms with E-state index in [1.807, 2.05) is 0 Å². The minimum Gasteiger partial charge on any atom is -0.348 e. The van der Waals surface area contributed by atoms with Gasteiger partial charge in [0.15, 0.2) is 0 Å². The van der Waals surface area contributed by atoms with Crippen LogP contribution < -0.4 is 4.90 Å². The monoisotopic (exact) mass is 299 g/mol. The second-order valence-corrected chi connectivity index (χ2v) is 7.02. The van der Waals surface area contributed by atoms with Crippen LogP contribution in [0.3, 0.4) is 0 Å². The molecule has 0 amide bonds. The van der Waals surface area contributed by atoms with Gasteiger partial charge in [0.25, 0.3) is 0 Å². The Hall–Kier alpha value is -1.61. The number of hydrogen-bond acceptors (Lipinski definition) is 3. The molecule has 4 heteroatoms. The first-order valence-corrected chi connectivity index (χ1v) is 7.72. The smallest absolute Gasteiger partial charge is 0.140 e. The molecule has 2 aromatic rings. The van der Waals surface area contributed by atoms with Crippen molar-refractivity contribution in [3.8, 4) is 0 Å². The van der Waals surface area contributed by atoms with Gasteiger partial charge in [-0.15, -0.1) is 0 Å². The summed E-state index contributed by atoms with van der Waals surface area (Å²) in [6.07, 6.45) is 2.35. The molecule has 1 aromatic heterocycles. The van der Waals surface area contributed by atoms with E-state index in [0.717, 1.165) is 22.4 Å². The maximum absolute atomic E-state index is 6.41. The van der Waals surface area contributed by atoms with E-state index in [0.29, 0.717) is 11.1 Å². The van der Waals surface area contributed by atoms with Gasteiger partial charge >= 0.3 is 0 Å². The molecule has 0 unspecified atom stereocenters. The summed E-state index contributed by atoms with van der Waals surface area (Å²) < 4.78 is 0. The van der Waals surface area contributed by atoms with Crippen LogP contribution in [0.25, 0.3) is 10.9 Å². The molecule has 1 saturated carbocycles. The fourth-order valence-electron chi connectivity index (χ4n) is 3.17. The fraction of sp³-hybridized carbons (Fsp3) is 0.412. The molecular formula is C17H18ClN3. The highest BCUT2D eigenvalue weighted by atomic mass is 35.5. The molecule has 1 aliphatic heterocycles. The van der Waals surface area contributed by atoms with Gasteiger partial charge in [-0.05, 0) is 30.5 Å². The predicted molar refractivity (Wildman–Crippen MR) is 87.1 cm³/mol. The summed E-state index contributed by atoms with van der Waals surface area (Å²) in [5, 5.41) is 1.51. The molecule has 4 rings (SSSR count). The van der Waals surface area contributed by atoms with Gasteiger partial charge in [0.1, 0.15) is 11.0 Å². The second-order valence-electron chi connectivity index (χ2n) is 6.66. The van der Waals surface area contributed by atoms with Crippen LogP contribution in [-0.4, -0.2) is 17.0 Å². The number of allylic oxidation sites excluding steroid dienone is 1. The van der Waals surface area contributed by atoms with Crippen molar-refractivity contribution in [3.63, 3.8) is 0 Å². The normalized spacial score (nSPS) is 20.2. The zero-order chi connectivity index (χ0) is 14.9. The van der Waals surface area contributed by atoms with Crippen LogP contribution in [0.5, 0.6) is 0 Å². The number of halogens is 1. The summed E-state index contributed by atoms with van der Waals surface area (Å²) in [4.78, 5) is 11.4. The molecule has 2 aliphatic rings. The van der Waals surface area contributed by atoms with Gasteiger partial charge < -0.3 is 4.90 Å². The summed E-state index contributed by atoms with van der Waals surface area (Å²) in [5.74, 6) is 1.40. The van der Waals surface area contributed by atoms with Gasteiger partial charge in [-0.3, -0.25) is 0 Å². The molecule has 108 valence electrons. The number of anilines is 1. The number of aromatic nitrogens is 2. The molecule has 1 aromatic carbocycles. The zero-order valence-electron chi connectivity index (χ0n) is 12.6. The maximum Gasteiger partial charge on any atom is 0.140 e. The lowest BCUT2D eigenvalue weighted by Crippen LogP contribution is -2.21. The Balaban J connectivity index is 2.00. The van der Waals surface area contributed by atoms with Gasteiger partial charge in [-0.1, -0.05) is 32.0 Å². The van der Waals surface area contributed by atoms with Gasteiger partial charge in [0.2, 0.25) is 0 Å². The number of nitrogens with zero attached hydrogens (tertiary/aromatic N) is 3. The van der Waals surface area contributed by atoms with Gasteiger partial charge in [-0.25, -0.2) is 9.97 Å². The Morgan fingerprint density at radius 3 is 2.67 bits per heavy atom. The molecule has 21 heavy (non-hydrogen) atoms. The van der Waals surface area contributed by atoms with E-state index in [1.165, 1.54) is 24.1 Å². The molecule has 1 fully saturated rings. The third-order valence-corrected chi connectivity index (χ3v) is 5.18. The molecule has 3 nitrogen and oxygen atoms in total. The number of benzene rings is 1. The summed E-state index contributed by atoms with van der Waals surface area (Å²) in [5.41, 5.74) is 4.37. The highest BCUT2D eigenvalue weighted by Gasteiger charge is 2.38. The summed E-state index contributed by atoms with van der Waals surface area (Å²) in [6, 6.07) is 4.27. The minimum atomic E-state index is -0.0865. The highest BCUT2D eigenvalue weighted by Crippen LogP contribution is 2.48. The fourth-order valence-corrected chi connectivity index (χ4v) is 3.40. The van der Waals surface area contributed by atoms with E-state index in [1.54, 1.807) is 0 Å². The van der Waals surface area contributed by atoms with E-state index in [2.05, 4.69) is 49.5 Å². The number of likely N-dealkylation sites (N-methyl/N-ethyl adjacent to an activating group) is 1. The lowest BCUT2D eigenvalue weighted by Gasteiger charge is -2.22.